The second-order valence-electron chi connectivity index (χ2n) is 5.61. The van der Waals surface area contributed by atoms with E-state index in [0.717, 1.165) is 17.8 Å². The average Bonchev–Trinajstić information content (AvgIpc) is 2.87. The molecule has 1 aliphatic carbocycles. The first-order chi connectivity index (χ1) is 9.28. The molecule has 2 heteroatoms. The number of benzene rings is 1. The first-order valence-electron chi connectivity index (χ1n) is 7.38. The van der Waals surface area contributed by atoms with Gasteiger partial charge in [0.05, 0.1) is 5.52 Å². The molecule has 0 spiro atoms. The van der Waals surface area contributed by atoms with Crippen molar-refractivity contribution in [3.63, 3.8) is 0 Å². The fraction of sp³-hybridized carbons (Fsp3) is 0.471. The van der Waals surface area contributed by atoms with Gasteiger partial charge in [-0.1, -0.05) is 25.5 Å². The van der Waals surface area contributed by atoms with Gasteiger partial charge in [0.25, 0.3) is 0 Å². The molecule has 2 nitrogen and oxygen atoms in total. The van der Waals surface area contributed by atoms with Crippen molar-refractivity contribution in [3.05, 3.63) is 41.6 Å². The van der Waals surface area contributed by atoms with E-state index in [-0.39, 0.29) is 0 Å². The number of aryl methyl sites for hydroxylation is 1. The van der Waals surface area contributed by atoms with E-state index in [2.05, 4.69) is 47.6 Å². The van der Waals surface area contributed by atoms with Gasteiger partial charge in [-0.25, -0.2) is 0 Å². The molecule has 0 bridgehead atoms. The zero-order valence-corrected chi connectivity index (χ0v) is 11.8. The molecule has 1 aliphatic rings. The molecular formula is C17H22N2. The number of nitrogens with one attached hydrogen (secondary N) is 1. The second-order valence-corrected chi connectivity index (χ2v) is 5.61. The minimum atomic E-state index is 0.654. The molecule has 1 fully saturated rings. The second kappa shape index (κ2) is 5.30. The number of aromatic nitrogens is 1. The van der Waals surface area contributed by atoms with Crippen molar-refractivity contribution in [1.82, 2.24) is 10.3 Å². The van der Waals surface area contributed by atoms with E-state index in [0.29, 0.717) is 12.0 Å². The first-order valence-corrected chi connectivity index (χ1v) is 7.38. The van der Waals surface area contributed by atoms with Crippen molar-refractivity contribution in [2.75, 3.05) is 6.54 Å². The van der Waals surface area contributed by atoms with Crippen LogP contribution >= 0.6 is 0 Å². The summed E-state index contributed by atoms with van der Waals surface area (Å²) in [4.78, 5) is 4.58. The highest BCUT2D eigenvalue weighted by atomic mass is 14.9. The van der Waals surface area contributed by atoms with Crippen LogP contribution in [-0.2, 0) is 0 Å². The molecule has 3 rings (SSSR count). The van der Waals surface area contributed by atoms with Gasteiger partial charge in [0, 0.05) is 17.1 Å². The quantitative estimate of drug-likeness (QED) is 0.901. The molecule has 0 aliphatic heterocycles. The lowest BCUT2D eigenvalue weighted by Gasteiger charge is -2.21. The molecule has 1 saturated carbocycles. The normalized spacial score (nSPS) is 23.1. The summed E-state index contributed by atoms with van der Waals surface area (Å²) >= 11 is 0. The van der Waals surface area contributed by atoms with Crippen molar-refractivity contribution in [1.29, 1.82) is 0 Å². The van der Waals surface area contributed by atoms with Crippen molar-refractivity contribution in [3.8, 4) is 0 Å². The van der Waals surface area contributed by atoms with Gasteiger partial charge in [-0.2, -0.15) is 0 Å². The van der Waals surface area contributed by atoms with Crippen LogP contribution in [0.5, 0.6) is 0 Å². The van der Waals surface area contributed by atoms with E-state index in [1.54, 1.807) is 0 Å². The van der Waals surface area contributed by atoms with E-state index in [9.17, 15) is 0 Å². The molecule has 1 aromatic heterocycles. The Morgan fingerprint density at radius 3 is 2.95 bits per heavy atom. The molecule has 2 aromatic rings. The standard InChI is InChI=1S/C17H22N2/c1-3-18-17-6-4-5-15(17)13-9-10-16-14(11-13)8-7-12(2)19-16/h7-11,15,17-18H,3-6H2,1-2H3. The van der Waals surface area contributed by atoms with Crippen LogP contribution in [0.3, 0.4) is 0 Å². The third-order valence-electron chi connectivity index (χ3n) is 4.26. The van der Waals surface area contributed by atoms with E-state index < -0.39 is 0 Å². The Balaban J connectivity index is 1.94. The van der Waals surface area contributed by atoms with Crippen LogP contribution in [-0.4, -0.2) is 17.6 Å². The number of fused-ring (bicyclic) bond motifs is 1. The Morgan fingerprint density at radius 1 is 1.21 bits per heavy atom. The largest absolute Gasteiger partial charge is 0.314 e. The van der Waals surface area contributed by atoms with Gasteiger partial charge in [-0.3, -0.25) is 4.98 Å². The molecule has 2 atom stereocenters. The molecule has 100 valence electrons. The third kappa shape index (κ3) is 2.50. The first kappa shape index (κ1) is 12.6. The van der Waals surface area contributed by atoms with Crippen LogP contribution in [0.25, 0.3) is 10.9 Å². The van der Waals surface area contributed by atoms with Crippen LogP contribution in [0, 0.1) is 6.92 Å². The summed E-state index contributed by atoms with van der Waals surface area (Å²) in [6.07, 6.45) is 3.96. The summed E-state index contributed by atoms with van der Waals surface area (Å²) in [5, 5.41) is 4.90. The van der Waals surface area contributed by atoms with Crippen molar-refractivity contribution in [2.45, 2.75) is 45.1 Å². The number of rotatable bonds is 3. The van der Waals surface area contributed by atoms with Crippen LogP contribution in [0.15, 0.2) is 30.3 Å². The number of hydrogen-bond donors (Lipinski definition) is 1. The predicted molar refractivity (Wildman–Crippen MR) is 80.5 cm³/mol. The van der Waals surface area contributed by atoms with Crippen LogP contribution < -0.4 is 5.32 Å². The summed E-state index contributed by atoms with van der Waals surface area (Å²) in [5.74, 6) is 0.672. The Kier molecular flexibility index (Phi) is 3.52. The van der Waals surface area contributed by atoms with E-state index in [4.69, 9.17) is 0 Å². The lowest BCUT2D eigenvalue weighted by Crippen LogP contribution is -2.30. The van der Waals surface area contributed by atoms with Gasteiger partial charge < -0.3 is 5.32 Å². The van der Waals surface area contributed by atoms with Gasteiger partial charge >= 0.3 is 0 Å². The highest BCUT2D eigenvalue weighted by Crippen LogP contribution is 2.35. The fourth-order valence-corrected chi connectivity index (χ4v) is 3.34. The molecule has 1 heterocycles. The maximum Gasteiger partial charge on any atom is 0.0705 e. The Labute approximate surface area is 115 Å². The number of nitrogens with zero attached hydrogens (tertiary/aromatic N) is 1. The number of likely N-dealkylation sites (N-methyl/N-ethyl adjacent to an activating group) is 1. The smallest absolute Gasteiger partial charge is 0.0705 e. The SMILES string of the molecule is CCNC1CCCC1c1ccc2nc(C)ccc2c1. The Hall–Kier alpha value is -1.41. The molecule has 2 unspecified atom stereocenters. The van der Waals surface area contributed by atoms with Gasteiger partial charge in [-0.05, 0) is 56.0 Å². The summed E-state index contributed by atoms with van der Waals surface area (Å²) in [5.41, 5.74) is 3.68. The van der Waals surface area contributed by atoms with E-state index in [1.807, 2.05) is 6.92 Å². The van der Waals surface area contributed by atoms with E-state index >= 15 is 0 Å². The Bertz CT molecular complexity index is 576. The lowest BCUT2D eigenvalue weighted by atomic mass is 9.93. The number of pyridine rings is 1. The van der Waals surface area contributed by atoms with Crippen molar-refractivity contribution >= 4 is 10.9 Å². The topological polar surface area (TPSA) is 24.9 Å². The maximum absolute atomic E-state index is 4.58. The number of hydrogen-bond acceptors (Lipinski definition) is 2. The van der Waals surface area contributed by atoms with Crippen LogP contribution in [0.4, 0.5) is 0 Å². The third-order valence-corrected chi connectivity index (χ3v) is 4.26. The summed E-state index contributed by atoms with van der Waals surface area (Å²) in [6, 6.07) is 11.7. The van der Waals surface area contributed by atoms with Crippen LogP contribution in [0.1, 0.15) is 43.4 Å². The van der Waals surface area contributed by atoms with Crippen LogP contribution in [0.2, 0.25) is 0 Å². The lowest BCUT2D eigenvalue weighted by molar-refractivity contribution is 0.493. The zero-order chi connectivity index (χ0) is 13.2. The highest BCUT2D eigenvalue weighted by molar-refractivity contribution is 5.79. The zero-order valence-electron chi connectivity index (χ0n) is 11.8. The molecular weight excluding hydrogens is 232 g/mol. The molecule has 19 heavy (non-hydrogen) atoms. The molecule has 0 amide bonds. The van der Waals surface area contributed by atoms with Gasteiger partial charge in [-0.15, -0.1) is 0 Å². The Morgan fingerprint density at radius 2 is 2.11 bits per heavy atom. The molecule has 0 radical (unpaired) electrons. The van der Waals surface area contributed by atoms with Gasteiger partial charge in [0.1, 0.15) is 0 Å². The monoisotopic (exact) mass is 254 g/mol. The van der Waals surface area contributed by atoms with Crippen molar-refractivity contribution < 1.29 is 0 Å². The highest BCUT2D eigenvalue weighted by Gasteiger charge is 2.27. The summed E-state index contributed by atoms with van der Waals surface area (Å²) in [7, 11) is 0. The average molecular weight is 254 g/mol. The molecule has 0 saturated heterocycles. The minimum Gasteiger partial charge on any atom is -0.314 e. The summed E-state index contributed by atoms with van der Waals surface area (Å²) < 4.78 is 0. The minimum absolute atomic E-state index is 0.654. The maximum atomic E-state index is 4.58. The van der Waals surface area contributed by atoms with Gasteiger partial charge in [0.15, 0.2) is 0 Å². The predicted octanol–water partition coefficient (Wildman–Crippen LogP) is 3.79. The van der Waals surface area contributed by atoms with E-state index in [1.165, 1.54) is 30.2 Å². The fourth-order valence-electron chi connectivity index (χ4n) is 3.34. The summed E-state index contributed by atoms with van der Waals surface area (Å²) in [6.45, 7) is 5.31. The molecule has 1 N–H and O–H groups in total. The van der Waals surface area contributed by atoms with Crippen molar-refractivity contribution in [2.24, 2.45) is 0 Å². The van der Waals surface area contributed by atoms with Gasteiger partial charge in [0.2, 0.25) is 0 Å². The molecule has 1 aromatic carbocycles.